The maximum Gasteiger partial charge on any atom is 0.303 e. The molecule has 0 radical (unpaired) electrons. The highest BCUT2D eigenvalue weighted by molar-refractivity contribution is 7.92. The Balaban J connectivity index is 1.99. The van der Waals surface area contributed by atoms with Gasteiger partial charge in [-0.15, -0.1) is 0 Å². The van der Waals surface area contributed by atoms with Crippen molar-refractivity contribution in [3.05, 3.63) is 64.4 Å². The largest absolute Gasteiger partial charge is 0.481 e. The van der Waals surface area contributed by atoms with Crippen molar-refractivity contribution in [3.8, 4) is 0 Å². The average Bonchev–Trinajstić information content (AvgIpc) is 3.10. The fourth-order valence-corrected chi connectivity index (χ4v) is 4.12. The number of hydrogen-bond acceptors (Lipinski definition) is 5. The quantitative estimate of drug-likeness (QED) is 0.647. The third-order valence-electron chi connectivity index (χ3n) is 4.55. The number of carbonyl (C=O) groups is 2. The fraction of sp³-hybridized carbons (Fsp3) is 0.250. The van der Waals surface area contributed by atoms with Gasteiger partial charge in [-0.2, -0.15) is 5.10 Å². The molecule has 2 N–H and O–H groups in total. The van der Waals surface area contributed by atoms with Crippen molar-refractivity contribution >= 4 is 44.9 Å². The first-order valence-electron chi connectivity index (χ1n) is 9.18. The zero-order valence-corrected chi connectivity index (χ0v) is 18.0. The lowest BCUT2D eigenvalue weighted by Gasteiger charge is -2.23. The Morgan fingerprint density at radius 1 is 1.26 bits per heavy atom. The summed E-state index contributed by atoms with van der Waals surface area (Å²) < 4.78 is 40.0. The topological polar surface area (TPSA) is 116 Å². The van der Waals surface area contributed by atoms with Gasteiger partial charge >= 0.3 is 5.97 Å². The second kappa shape index (κ2) is 9.03. The Labute approximate surface area is 183 Å². The molecule has 11 heteroatoms. The molecule has 0 unspecified atom stereocenters. The second-order valence-corrected chi connectivity index (χ2v) is 9.14. The molecule has 0 saturated heterocycles. The lowest BCUT2D eigenvalue weighted by molar-refractivity contribution is -0.141. The van der Waals surface area contributed by atoms with Crippen molar-refractivity contribution < 1.29 is 27.5 Å². The molecule has 164 valence electrons. The molecule has 1 aliphatic rings. The second-order valence-electron chi connectivity index (χ2n) is 6.99. The SMILES string of the molecule is CS(=O)(=O)Nc1cccc(C2=NN(C(=O)CCC(=O)O)[C@H](c3c(F)cccc3Cl)C2)c1. The van der Waals surface area contributed by atoms with E-state index in [0.29, 0.717) is 17.0 Å². The van der Waals surface area contributed by atoms with Gasteiger partial charge in [0.2, 0.25) is 15.9 Å². The molecule has 0 fully saturated rings. The molecule has 2 aromatic rings. The molecule has 0 aromatic heterocycles. The minimum Gasteiger partial charge on any atom is -0.481 e. The lowest BCUT2D eigenvalue weighted by atomic mass is 9.97. The molecule has 1 heterocycles. The molecule has 2 aromatic carbocycles. The third kappa shape index (κ3) is 5.59. The van der Waals surface area contributed by atoms with Gasteiger partial charge in [0.1, 0.15) is 5.82 Å². The highest BCUT2D eigenvalue weighted by atomic mass is 35.5. The number of amides is 1. The summed E-state index contributed by atoms with van der Waals surface area (Å²) in [5.41, 5.74) is 1.32. The highest BCUT2D eigenvalue weighted by Crippen LogP contribution is 2.38. The summed E-state index contributed by atoms with van der Waals surface area (Å²) in [7, 11) is -3.50. The number of rotatable bonds is 7. The first-order chi connectivity index (χ1) is 14.5. The molecule has 31 heavy (non-hydrogen) atoms. The minimum absolute atomic E-state index is 0.0806. The van der Waals surface area contributed by atoms with Crippen LogP contribution in [-0.2, 0) is 19.6 Å². The molecular formula is C20H19ClFN3O5S. The van der Waals surface area contributed by atoms with E-state index in [0.717, 1.165) is 11.3 Å². The molecule has 1 aliphatic heterocycles. The summed E-state index contributed by atoms with van der Waals surface area (Å²) in [4.78, 5) is 23.6. The summed E-state index contributed by atoms with van der Waals surface area (Å²) >= 11 is 6.20. The van der Waals surface area contributed by atoms with Crippen LogP contribution in [0.5, 0.6) is 0 Å². The minimum atomic E-state index is -3.50. The number of hydrogen-bond donors (Lipinski definition) is 2. The van der Waals surface area contributed by atoms with Gasteiger partial charge in [0.15, 0.2) is 0 Å². The van der Waals surface area contributed by atoms with Crippen molar-refractivity contribution in [2.45, 2.75) is 25.3 Å². The van der Waals surface area contributed by atoms with E-state index in [1.54, 1.807) is 24.3 Å². The molecular weight excluding hydrogens is 449 g/mol. The Bertz CT molecular complexity index is 1150. The number of carbonyl (C=O) groups excluding carboxylic acids is 1. The number of carboxylic acids is 1. The van der Waals surface area contributed by atoms with Gasteiger partial charge in [0.25, 0.3) is 0 Å². The molecule has 1 atom stereocenters. The van der Waals surface area contributed by atoms with E-state index in [2.05, 4.69) is 9.82 Å². The van der Waals surface area contributed by atoms with Crippen molar-refractivity contribution in [1.29, 1.82) is 0 Å². The van der Waals surface area contributed by atoms with Gasteiger partial charge in [0, 0.05) is 29.1 Å². The first kappa shape index (κ1) is 22.7. The highest BCUT2D eigenvalue weighted by Gasteiger charge is 2.36. The number of nitrogens with one attached hydrogen (secondary N) is 1. The van der Waals surface area contributed by atoms with Gasteiger partial charge in [-0.3, -0.25) is 14.3 Å². The van der Waals surface area contributed by atoms with Gasteiger partial charge in [-0.1, -0.05) is 29.8 Å². The van der Waals surface area contributed by atoms with E-state index in [-0.39, 0.29) is 23.4 Å². The maximum absolute atomic E-state index is 14.6. The van der Waals surface area contributed by atoms with Crippen LogP contribution in [0.25, 0.3) is 0 Å². The molecule has 1 amide bonds. The number of sulfonamides is 1. The number of hydrazone groups is 1. The number of aliphatic carboxylic acids is 1. The number of anilines is 1. The van der Waals surface area contributed by atoms with E-state index in [1.807, 2.05) is 0 Å². The monoisotopic (exact) mass is 467 g/mol. The van der Waals surface area contributed by atoms with Crippen LogP contribution in [0.1, 0.15) is 36.4 Å². The van der Waals surface area contributed by atoms with Crippen LogP contribution in [0, 0.1) is 5.82 Å². The summed E-state index contributed by atoms with van der Waals surface area (Å²) in [6.45, 7) is 0. The normalized spacial score (nSPS) is 16.2. The molecule has 8 nitrogen and oxygen atoms in total. The molecule has 0 aliphatic carbocycles. The fourth-order valence-electron chi connectivity index (χ4n) is 3.27. The molecule has 0 bridgehead atoms. The number of carboxylic acid groups (broad SMARTS) is 1. The molecule has 3 rings (SSSR count). The number of halogens is 2. The third-order valence-corrected chi connectivity index (χ3v) is 5.49. The predicted molar refractivity (Wildman–Crippen MR) is 114 cm³/mol. The van der Waals surface area contributed by atoms with E-state index in [4.69, 9.17) is 16.7 Å². The van der Waals surface area contributed by atoms with E-state index < -0.39 is 40.2 Å². The summed E-state index contributed by atoms with van der Waals surface area (Å²) in [5, 5.41) is 14.4. The van der Waals surface area contributed by atoms with Crippen molar-refractivity contribution in [2.24, 2.45) is 5.10 Å². The predicted octanol–water partition coefficient (Wildman–Crippen LogP) is 3.39. The van der Waals surface area contributed by atoms with Crippen LogP contribution in [0.3, 0.4) is 0 Å². The number of benzene rings is 2. The standard InChI is InChI=1S/C20H19ClFN3O5S/c1-31(29,30)24-13-5-2-4-12(10-13)16-11-17(20-14(21)6-3-7-15(20)22)25(23-16)18(26)8-9-19(27)28/h2-7,10,17,24H,8-9,11H2,1H3,(H,27,28)/t17-/m0/s1. The van der Waals surface area contributed by atoms with E-state index >= 15 is 0 Å². The number of nitrogens with zero attached hydrogens (tertiary/aromatic N) is 2. The Morgan fingerprint density at radius 3 is 2.61 bits per heavy atom. The Kier molecular flexibility index (Phi) is 6.61. The smallest absolute Gasteiger partial charge is 0.303 e. The van der Waals surface area contributed by atoms with Gasteiger partial charge in [0.05, 0.1) is 24.4 Å². The van der Waals surface area contributed by atoms with Gasteiger partial charge in [-0.25, -0.2) is 17.8 Å². The van der Waals surface area contributed by atoms with Crippen LogP contribution in [-0.4, -0.2) is 42.4 Å². The molecule has 0 saturated carbocycles. The van der Waals surface area contributed by atoms with Crippen LogP contribution in [0.4, 0.5) is 10.1 Å². The van der Waals surface area contributed by atoms with Gasteiger partial charge < -0.3 is 5.11 Å². The van der Waals surface area contributed by atoms with Crippen LogP contribution >= 0.6 is 11.6 Å². The first-order valence-corrected chi connectivity index (χ1v) is 11.5. The van der Waals surface area contributed by atoms with E-state index in [9.17, 15) is 22.4 Å². The summed E-state index contributed by atoms with van der Waals surface area (Å²) in [5.74, 6) is -2.35. The van der Waals surface area contributed by atoms with E-state index in [1.165, 1.54) is 18.2 Å². The van der Waals surface area contributed by atoms with Crippen LogP contribution in [0.15, 0.2) is 47.6 Å². The van der Waals surface area contributed by atoms with Crippen molar-refractivity contribution in [3.63, 3.8) is 0 Å². The molecule has 0 spiro atoms. The summed E-state index contributed by atoms with van der Waals surface area (Å²) in [6.07, 6.45) is 0.420. The lowest BCUT2D eigenvalue weighted by Crippen LogP contribution is -2.28. The van der Waals surface area contributed by atoms with Crippen LogP contribution in [0.2, 0.25) is 5.02 Å². The Morgan fingerprint density at radius 2 is 1.97 bits per heavy atom. The maximum atomic E-state index is 14.6. The van der Waals surface area contributed by atoms with Crippen LogP contribution < -0.4 is 4.72 Å². The van der Waals surface area contributed by atoms with Crippen molar-refractivity contribution in [1.82, 2.24) is 5.01 Å². The van der Waals surface area contributed by atoms with Gasteiger partial charge in [-0.05, 0) is 29.8 Å². The Hall–Kier alpha value is -2.98. The average molecular weight is 468 g/mol. The zero-order chi connectivity index (χ0) is 22.8. The summed E-state index contributed by atoms with van der Waals surface area (Å²) in [6, 6.07) is 9.69. The van der Waals surface area contributed by atoms with Crippen molar-refractivity contribution in [2.75, 3.05) is 11.0 Å². The zero-order valence-electron chi connectivity index (χ0n) is 16.4.